The number of cyclic esters (lactones) is 1. The first-order chi connectivity index (χ1) is 17.5. The third-order valence-corrected chi connectivity index (χ3v) is 8.16. The first-order valence-corrected chi connectivity index (χ1v) is 13.4. The lowest BCUT2D eigenvalue weighted by atomic mass is 9.73. The molecule has 1 fully saturated rings. The van der Waals surface area contributed by atoms with Crippen LogP contribution in [-0.2, 0) is 19.0 Å². The highest BCUT2D eigenvalue weighted by Gasteiger charge is 2.50. The molecular weight excluding hydrogens is 498 g/mol. The molecule has 2 aliphatic rings. The Morgan fingerprint density at radius 3 is 2.21 bits per heavy atom. The van der Waals surface area contributed by atoms with Gasteiger partial charge in [0.1, 0.15) is 17.8 Å². The summed E-state index contributed by atoms with van der Waals surface area (Å²) >= 11 is 0. The smallest absolute Gasteiger partial charge is 0.311 e. The lowest BCUT2D eigenvalue weighted by Gasteiger charge is -2.45. The number of nitrogens with zero attached hydrogens (tertiary/aromatic N) is 1. The van der Waals surface area contributed by atoms with Crippen molar-refractivity contribution in [2.24, 2.45) is 28.8 Å². The number of carbonyl (C=O) groups is 1. The minimum absolute atomic E-state index is 0.0441. The zero-order valence-electron chi connectivity index (χ0n) is 23.7. The van der Waals surface area contributed by atoms with E-state index in [1.54, 1.807) is 40.7 Å². The largest absolute Gasteiger partial charge is 0.459 e. The quantitative estimate of drug-likeness (QED) is 0.131. The van der Waals surface area contributed by atoms with Gasteiger partial charge in [-0.15, -0.1) is 0 Å². The van der Waals surface area contributed by atoms with Gasteiger partial charge in [-0.3, -0.25) is 4.79 Å². The summed E-state index contributed by atoms with van der Waals surface area (Å²) in [7, 11) is 0. The molecule has 0 spiro atoms. The SMILES string of the molecule is CC[C@H]1OC(=O)[C@H](C)[C@@H](O)[C@H](C)[C@@H](O[C@@H]2O[C@H](C)C=C[C@H]2O)C(C)(O)C[C@@H](C)/C(=N\O)[C@H](C)[C@@H](O)[C@]1(C)O. The molecule has 0 aromatic rings. The maximum Gasteiger partial charge on any atom is 0.311 e. The highest BCUT2D eigenvalue weighted by atomic mass is 16.7. The predicted molar refractivity (Wildman–Crippen MR) is 138 cm³/mol. The minimum Gasteiger partial charge on any atom is -0.459 e. The van der Waals surface area contributed by atoms with Gasteiger partial charge in [-0.05, 0) is 40.5 Å². The molecule has 1 saturated heterocycles. The van der Waals surface area contributed by atoms with E-state index >= 15 is 0 Å². The third kappa shape index (κ3) is 6.93. The van der Waals surface area contributed by atoms with Gasteiger partial charge in [-0.2, -0.15) is 0 Å². The van der Waals surface area contributed by atoms with Crippen molar-refractivity contribution in [3.05, 3.63) is 12.2 Å². The van der Waals surface area contributed by atoms with Crippen molar-refractivity contribution < 1.29 is 49.7 Å². The molecule has 2 aliphatic heterocycles. The Morgan fingerprint density at radius 1 is 1.05 bits per heavy atom. The minimum atomic E-state index is -1.91. The van der Waals surface area contributed by atoms with Crippen molar-refractivity contribution in [1.29, 1.82) is 0 Å². The molecule has 1 unspecified atom stereocenters. The van der Waals surface area contributed by atoms with Crippen molar-refractivity contribution in [3.8, 4) is 0 Å². The van der Waals surface area contributed by atoms with Gasteiger partial charge in [0.25, 0.3) is 0 Å². The molecule has 0 radical (unpaired) electrons. The second-order valence-electron chi connectivity index (χ2n) is 11.6. The number of hydrogen-bond donors (Lipinski definition) is 6. The van der Waals surface area contributed by atoms with Crippen LogP contribution in [0.3, 0.4) is 0 Å². The average molecular weight is 546 g/mol. The molecule has 0 aromatic heterocycles. The van der Waals surface area contributed by atoms with Crippen molar-refractivity contribution in [1.82, 2.24) is 0 Å². The highest BCUT2D eigenvalue weighted by Crippen LogP contribution is 2.37. The van der Waals surface area contributed by atoms with E-state index in [0.717, 1.165) is 0 Å². The van der Waals surface area contributed by atoms with Crippen LogP contribution in [0.15, 0.2) is 17.3 Å². The highest BCUT2D eigenvalue weighted by molar-refractivity contribution is 5.88. The molecule has 6 N–H and O–H groups in total. The van der Waals surface area contributed by atoms with Crippen molar-refractivity contribution >= 4 is 11.7 Å². The molecule has 2 heterocycles. The average Bonchev–Trinajstić information content (AvgIpc) is 2.84. The maximum absolute atomic E-state index is 13.1. The number of rotatable bonds is 3. The number of aliphatic hydroxyl groups excluding tert-OH is 3. The molecule has 0 aromatic carbocycles. The number of esters is 1. The molecule has 11 heteroatoms. The first kappa shape index (κ1) is 32.6. The molecule has 2 rings (SSSR count). The lowest BCUT2D eigenvalue weighted by molar-refractivity contribution is -0.268. The number of aliphatic hydroxyl groups is 5. The van der Waals surface area contributed by atoms with E-state index < -0.39 is 77.7 Å². The van der Waals surface area contributed by atoms with Crippen LogP contribution in [0.25, 0.3) is 0 Å². The summed E-state index contributed by atoms with van der Waals surface area (Å²) in [4.78, 5) is 13.1. The van der Waals surface area contributed by atoms with E-state index in [0.29, 0.717) is 0 Å². The second kappa shape index (κ2) is 12.7. The Kier molecular flexibility index (Phi) is 10.9. The van der Waals surface area contributed by atoms with Gasteiger partial charge in [0.2, 0.25) is 0 Å². The Labute approximate surface area is 225 Å². The van der Waals surface area contributed by atoms with Crippen LogP contribution in [0.4, 0.5) is 0 Å². The van der Waals surface area contributed by atoms with E-state index in [1.807, 2.05) is 0 Å². The Bertz CT molecular complexity index is 859. The van der Waals surface area contributed by atoms with Crippen LogP contribution in [0, 0.1) is 23.7 Å². The van der Waals surface area contributed by atoms with E-state index in [4.69, 9.17) is 14.2 Å². The van der Waals surface area contributed by atoms with Gasteiger partial charge in [0, 0.05) is 17.8 Å². The first-order valence-electron chi connectivity index (χ1n) is 13.4. The van der Waals surface area contributed by atoms with Crippen molar-refractivity contribution in [3.63, 3.8) is 0 Å². The summed E-state index contributed by atoms with van der Waals surface area (Å²) in [5, 5.41) is 69.1. The zero-order chi connectivity index (χ0) is 29.2. The van der Waals surface area contributed by atoms with Gasteiger partial charge in [0.15, 0.2) is 6.29 Å². The molecule has 0 saturated carbocycles. The monoisotopic (exact) mass is 545 g/mol. The van der Waals surface area contributed by atoms with Crippen LogP contribution >= 0.6 is 0 Å². The van der Waals surface area contributed by atoms with E-state index in [-0.39, 0.29) is 24.7 Å². The fraction of sp³-hybridized carbons (Fsp3) is 0.852. The van der Waals surface area contributed by atoms with Crippen LogP contribution < -0.4 is 0 Å². The molecule has 11 nitrogen and oxygen atoms in total. The van der Waals surface area contributed by atoms with Gasteiger partial charge < -0.3 is 45.0 Å². The van der Waals surface area contributed by atoms with E-state index in [1.165, 1.54) is 26.8 Å². The van der Waals surface area contributed by atoms with Crippen molar-refractivity contribution in [2.75, 3.05) is 0 Å². The van der Waals surface area contributed by atoms with Crippen molar-refractivity contribution in [2.45, 2.75) is 122 Å². The standard InChI is InChI=1S/C27H47NO10/c1-9-19-27(8,34)22(31)15(4)20(28-35)13(2)12-26(7,33)23(16(5)21(30)17(6)24(32)37-19)38-25-18(29)11-10-14(3)36-25/h10-11,13-19,21-23,25,29-31,33-35H,9,12H2,1-8H3/b28-20+/t13-,14-,15+,16+,17-,18-,19-,21+,22-,23-,25+,26?,27-/m1/s1. The van der Waals surface area contributed by atoms with Gasteiger partial charge in [-0.25, -0.2) is 0 Å². The summed E-state index contributed by atoms with van der Waals surface area (Å²) in [5.74, 6) is -4.26. The normalized spacial score (nSPS) is 48.9. The number of oxime groups is 1. The summed E-state index contributed by atoms with van der Waals surface area (Å²) in [6.45, 7) is 12.6. The molecule has 0 aliphatic carbocycles. The number of ether oxygens (including phenoxy) is 3. The summed E-state index contributed by atoms with van der Waals surface area (Å²) in [6, 6.07) is 0. The summed E-state index contributed by atoms with van der Waals surface area (Å²) < 4.78 is 17.4. The Hall–Kier alpha value is -1.60. The molecule has 0 bridgehead atoms. The van der Waals surface area contributed by atoms with Gasteiger partial charge in [-0.1, -0.05) is 45.0 Å². The van der Waals surface area contributed by atoms with Crippen LogP contribution in [0.1, 0.15) is 68.2 Å². The summed E-state index contributed by atoms with van der Waals surface area (Å²) in [6.07, 6.45) is -4.44. The van der Waals surface area contributed by atoms with Crippen LogP contribution in [-0.4, -0.2) is 96.5 Å². The molecule has 38 heavy (non-hydrogen) atoms. The molecule has 220 valence electrons. The Morgan fingerprint density at radius 2 is 1.66 bits per heavy atom. The predicted octanol–water partition coefficient (Wildman–Crippen LogP) is 1.36. The maximum atomic E-state index is 13.1. The zero-order valence-corrected chi connectivity index (χ0v) is 23.7. The van der Waals surface area contributed by atoms with Crippen LogP contribution in [0.2, 0.25) is 0 Å². The van der Waals surface area contributed by atoms with Gasteiger partial charge >= 0.3 is 5.97 Å². The van der Waals surface area contributed by atoms with Crippen LogP contribution in [0.5, 0.6) is 0 Å². The number of hydrogen-bond acceptors (Lipinski definition) is 11. The fourth-order valence-electron chi connectivity index (χ4n) is 5.77. The molecule has 0 amide bonds. The second-order valence-corrected chi connectivity index (χ2v) is 11.6. The third-order valence-electron chi connectivity index (χ3n) is 8.16. The van der Waals surface area contributed by atoms with E-state index in [2.05, 4.69) is 5.16 Å². The number of carbonyl (C=O) groups excluding carboxylic acids is 1. The van der Waals surface area contributed by atoms with Gasteiger partial charge in [0.05, 0.1) is 41.6 Å². The van der Waals surface area contributed by atoms with E-state index in [9.17, 15) is 35.5 Å². The molecule has 13 atom stereocenters. The lowest BCUT2D eigenvalue weighted by Crippen LogP contribution is -2.58. The topological polar surface area (TPSA) is 178 Å². The Balaban J connectivity index is 2.58. The summed E-state index contributed by atoms with van der Waals surface area (Å²) in [5.41, 5.74) is -3.50. The molecular formula is C27H47NO10. The fourth-order valence-corrected chi connectivity index (χ4v) is 5.77.